The number of fused-ring (bicyclic) bond motifs is 2. The maximum Gasteiger partial charge on any atom is 0.181 e. The van der Waals surface area contributed by atoms with E-state index in [-0.39, 0.29) is 0 Å². The van der Waals surface area contributed by atoms with Gasteiger partial charge in [0.25, 0.3) is 0 Å². The average Bonchev–Trinajstić information content (AvgIpc) is 3.12. The summed E-state index contributed by atoms with van der Waals surface area (Å²) in [5.41, 5.74) is 5.62. The number of imidazole rings is 1. The summed E-state index contributed by atoms with van der Waals surface area (Å²) in [6.07, 6.45) is 8.64. The maximum atomic E-state index is 4.56. The summed E-state index contributed by atoms with van der Waals surface area (Å²) in [6.45, 7) is 0. The molecule has 0 saturated heterocycles. The Morgan fingerprint density at radius 3 is 2.60 bits per heavy atom. The van der Waals surface area contributed by atoms with Crippen LogP contribution in [0.4, 0.5) is 0 Å². The SMILES string of the molecule is c1cc(-c2ccnc3ccc(-c4nc5ncncc5[nH]4)cc23)ccn1. The third-order valence-electron chi connectivity index (χ3n) is 4.17. The van der Waals surface area contributed by atoms with Gasteiger partial charge in [0.05, 0.1) is 11.7 Å². The molecule has 118 valence electrons. The Morgan fingerprint density at radius 1 is 0.800 bits per heavy atom. The largest absolute Gasteiger partial charge is 0.335 e. The summed E-state index contributed by atoms with van der Waals surface area (Å²) in [6, 6.07) is 12.1. The molecule has 0 bridgehead atoms. The number of aromatic nitrogens is 6. The van der Waals surface area contributed by atoms with Crippen LogP contribution in [0.5, 0.6) is 0 Å². The van der Waals surface area contributed by atoms with Gasteiger partial charge in [-0.05, 0) is 47.5 Å². The predicted octanol–water partition coefficient (Wildman–Crippen LogP) is 3.63. The molecule has 4 aromatic heterocycles. The molecule has 5 rings (SSSR count). The van der Waals surface area contributed by atoms with Gasteiger partial charge in [-0.3, -0.25) is 9.97 Å². The van der Waals surface area contributed by atoms with Crippen molar-refractivity contribution in [3.8, 4) is 22.5 Å². The third-order valence-corrected chi connectivity index (χ3v) is 4.17. The van der Waals surface area contributed by atoms with Crippen LogP contribution in [-0.2, 0) is 0 Å². The van der Waals surface area contributed by atoms with Gasteiger partial charge in [-0.25, -0.2) is 15.0 Å². The molecule has 5 aromatic rings. The van der Waals surface area contributed by atoms with E-state index in [1.807, 2.05) is 36.5 Å². The number of H-pyrrole nitrogens is 1. The van der Waals surface area contributed by atoms with E-state index < -0.39 is 0 Å². The van der Waals surface area contributed by atoms with Crippen LogP contribution >= 0.6 is 0 Å². The summed E-state index contributed by atoms with van der Waals surface area (Å²) < 4.78 is 0. The smallest absolute Gasteiger partial charge is 0.181 e. The van der Waals surface area contributed by atoms with Crippen LogP contribution in [0.2, 0.25) is 0 Å². The molecule has 0 aliphatic heterocycles. The number of nitrogens with zero attached hydrogens (tertiary/aromatic N) is 5. The molecule has 25 heavy (non-hydrogen) atoms. The fourth-order valence-corrected chi connectivity index (χ4v) is 2.98. The van der Waals surface area contributed by atoms with Gasteiger partial charge in [0.15, 0.2) is 5.65 Å². The van der Waals surface area contributed by atoms with Crippen molar-refractivity contribution in [3.05, 3.63) is 67.5 Å². The van der Waals surface area contributed by atoms with Crippen molar-refractivity contribution in [1.82, 2.24) is 29.9 Å². The number of benzene rings is 1. The van der Waals surface area contributed by atoms with Gasteiger partial charge in [0.1, 0.15) is 17.7 Å². The number of nitrogens with one attached hydrogen (secondary N) is 1. The molecule has 0 aliphatic rings. The first-order valence-electron chi connectivity index (χ1n) is 7.84. The van der Waals surface area contributed by atoms with Crippen molar-refractivity contribution in [2.24, 2.45) is 0 Å². The molecular weight excluding hydrogens is 312 g/mol. The van der Waals surface area contributed by atoms with Crippen LogP contribution in [0, 0.1) is 0 Å². The molecule has 6 nitrogen and oxygen atoms in total. The van der Waals surface area contributed by atoms with Gasteiger partial charge in [-0.15, -0.1) is 0 Å². The van der Waals surface area contributed by atoms with E-state index in [0.717, 1.165) is 38.9 Å². The molecule has 1 aromatic carbocycles. The van der Waals surface area contributed by atoms with Gasteiger partial charge in [0, 0.05) is 29.5 Å². The van der Waals surface area contributed by atoms with E-state index in [0.29, 0.717) is 5.65 Å². The molecule has 0 saturated carbocycles. The minimum absolute atomic E-state index is 0.658. The highest BCUT2D eigenvalue weighted by Crippen LogP contribution is 2.30. The third kappa shape index (κ3) is 2.31. The normalized spacial score (nSPS) is 11.2. The van der Waals surface area contributed by atoms with Crippen LogP contribution in [0.25, 0.3) is 44.6 Å². The first-order valence-corrected chi connectivity index (χ1v) is 7.84. The number of rotatable bonds is 2. The number of pyridine rings is 2. The monoisotopic (exact) mass is 324 g/mol. The zero-order chi connectivity index (χ0) is 16.6. The summed E-state index contributed by atoms with van der Waals surface area (Å²) in [4.78, 5) is 24.6. The van der Waals surface area contributed by atoms with E-state index in [1.54, 1.807) is 18.6 Å². The van der Waals surface area contributed by atoms with Crippen molar-refractivity contribution >= 4 is 22.1 Å². The van der Waals surface area contributed by atoms with E-state index >= 15 is 0 Å². The van der Waals surface area contributed by atoms with Crippen molar-refractivity contribution in [3.63, 3.8) is 0 Å². The lowest BCUT2D eigenvalue weighted by molar-refractivity contribution is 1.20. The lowest BCUT2D eigenvalue weighted by Crippen LogP contribution is -1.87. The molecule has 0 atom stereocenters. The Labute approximate surface area is 142 Å². The van der Waals surface area contributed by atoms with Gasteiger partial charge in [0.2, 0.25) is 0 Å². The zero-order valence-corrected chi connectivity index (χ0v) is 13.1. The minimum Gasteiger partial charge on any atom is -0.335 e. The first-order chi connectivity index (χ1) is 12.4. The van der Waals surface area contributed by atoms with Gasteiger partial charge in [-0.1, -0.05) is 0 Å². The van der Waals surface area contributed by atoms with Crippen LogP contribution in [0.1, 0.15) is 0 Å². The summed E-state index contributed by atoms with van der Waals surface area (Å²) >= 11 is 0. The van der Waals surface area contributed by atoms with Crippen LogP contribution < -0.4 is 0 Å². The average molecular weight is 324 g/mol. The molecule has 4 heterocycles. The number of aromatic amines is 1. The topological polar surface area (TPSA) is 80.2 Å². The fraction of sp³-hybridized carbons (Fsp3) is 0. The van der Waals surface area contributed by atoms with E-state index in [1.165, 1.54) is 6.33 Å². The van der Waals surface area contributed by atoms with E-state index in [2.05, 4.69) is 36.0 Å². The van der Waals surface area contributed by atoms with Gasteiger partial charge in [-0.2, -0.15) is 0 Å². The Morgan fingerprint density at radius 2 is 1.72 bits per heavy atom. The second-order valence-electron chi connectivity index (χ2n) is 5.67. The quantitative estimate of drug-likeness (QED) is 0.536. The molecule has 0 aliphatic carbocycles. The summed E-state index contributed by atoms with van der Waals surface area (Å²) in [5.74, 6) is 0.766. The molecule has 1 N–H and O–H groups in total. The van der Waals surface area contributed by atoms with Crippen LogP contribution in [0.3, 0.4) is 0 Å². The molecule has 6 heteroatoms. The molecule has 0 spiro atoms. The number of hydrogen-bond donors (Lipinski definition) is 1. The molecule has 0 fully saturated rings. The van der Waals surface area contributed by atoms with E-state index in [4.69, 9.17) is 0 Å². The van der Waals surface area contributed by atoms with Crippen molar-refractivity contribution in [1.29, 1.82) is 0 Å². The second-order valence-corrected chi connectivity index (χ2v) is 5.67. The Balaban J connectivity index is 1.73. The van der Waals surface area contributed by atoms with Gasteiger partial charge < -0.3 is 4.98 Å². The minimum atomic E-state index is 0.658. The maximum absolute atomic E-state index is 4.56. The highest BCUT2D eigenvalue weighted by Gasteiger charge is 2.10. The lowest BCUT2D eigenvalue weighted by Gasteiger charge is -2.07. The molecule has 0 radical (unpaired) electrons. The lowest BCUT2D eigenvalue weighted by atomic mass is 10.0. The summed E-state index contributed by atoms with van der Waals surface area (Å²) in [5, 5.41) is 1.07. The van der Waals surface area contributed by atoms with Crippen molar-refractivity contribution in [2.45, 2.75) is 0 Å². The molecular formula is C19H12N6. The number of hydrogen-bond acceptors (Lipinski definition) is 5. The Hall–Kier alpha value is -3.67. The fourth-order valence-electron chi connectivity index (χ4n) is 2.98. The zero-order valence-electron chi connectivity index (χ0n) is 13.1. The van der Waals surface area contributed by atoms with Gasteiger partial charge >= 0.3 is 0 Å². The van der Waals surface area contributed by atoms with Crippen molar-refractivity contribution in [2.75, 3.05) is 0 Å². The second kappa shape index (κ2) is 5.45. The molecule has 0 amide bonds. The molecule has 0 unspecified atom stereocenters. The van der Waals surface area contributed by atoms with E-state index in [9.17, 15) is 0 Å². The Bertz CT molecular complexity index is 1160. The first kappa shape index (κ1) is 13.7. The van der Waals surface area contributed by atoms with Crippen molar-refractivity contribution < 1.29 is 0 Å². The Kier molecular flexibility index (Phi) is 3.00. The standard InChI is InChI=1S/C19H12N6/c1-2-16-15(14(5-8-22-16)12-3-6-20-7-4-12)9-13(1)18-24-17-10-21-11-23-19(17)25-18/h1-11H,(H,21,23,24,25). The summed E-state index contributed by atoms with van der Waals surface area (Å²) in [7, 11) is 0. The predicted molar refractivity (Wildman–Crippen MR) is 95.7 cm³/mol. The van der Waals surface area contributed by atoms with Crippen LogP contribution in [0.15, 0.2) is 67.5 Å². The highest BCUT2D eigenvalue weighted by atomic mass is 15.0. The van der Waals surface area contributed by atoms with Crippen LogP contribution in [-0.4, -0.2) is 29.9 Å². The highest BCUT2D eigenvalue weighted by molar-refractivity contribution is 5.96.